The van der Waals surface area contributed by atoms with Gasteiger partial charge < -0.3 is 15.2 Å². The van der Waals surface area contributed by atoms with Crippen molar-refractivity contribution in [3.63, 3.8) is 0 Å². The van der Waals surface area contributed by atoms with Gasteiger partial charge >= 0.3 is 5.97 Å². The number of ether oxygens (including phenoxy) is 1. The van der Waals surface area contributed by atoms with Gasteiger partial charge in [0.2, 0.25) is 0 Å². The molecule has 0 bridgehead atoms. The summed E-state index contributed by atoms with van der Waals surface area (Å²) in [5.74, 6) is -1.35. The van der Waals surface area contributed by atoms with Crippen LogP contribution in [0.4, 0.5) is 0 Å². The lowest BCUT2D eigenvalue weighted by Crippen LogP contribution is -2.28. The first-order valence-electron chi connectivity index (χ1n) is 5.74. The zero-order valence-corrected chi connectivity index (χ0v) is 10.5. The van der Waals surface area contributed by atoms with Gasteiger partial charge in [0, 0.05) is 12.1 Å². The molecule has 0 aliphatic carbocycles. The smallest absolute Gasteiger partial charge is 0.335 e. The minimum absolute atomic E-state index is 0.0982. The van der Waals surface area contributed by atoms with Crippen LogP contribution in [0.5, 0.6) is 0 Å². The third kappa shape index (κ3) is 4.55. The number of amides is 1. The topological polar surface area (TPSA) is 75.6 Å². The second-order valence-electron chi connectivity index (χ2n) is 4.06. The van der Waals surface area contributed by atoms with E-state index in [1.54, 1.807) is 12.1 Å². The minimum Gasteiger partial charge on any atom is -0.478 e. The van der Waals surface area contributed by atoms with Crippen LogP contribution in [0.1, 0.15) is 34.6 Å². The van der Waals surface area contributed by atoms with Gasteiger partial charge in [0.05, 0.1) is 18.3 Å². The number of nitrogens with one attached hydrogen (secondary N) is 1. The average molecular weight is 251 g/mol. The quantitative estimate of drug-likeness (QED) is 0.752. The van der Waals surface area contributed by atoms with Crippen LogP contribution in [0, 0.1) is 0 Å². The van der Waals surface area contributed by atoms with Crippen molar-refractivity contribution in [1.29, 1.82) is 0 Å². The molecule has 18 heavy (non-hydrogen) atoms. The highest BCUT2D eigenvalue weighted by Crippen LogP contribution is 2.05. The Labute approximate surface area is 106 Å². The number of benzene rings is 1. The van der Waals surface area contributed by atoms with Crippen LogP contribution in [0.25, 0.3) is 0 Å². The highest BCUT2D eigenvalue weighted by atomic mass is 16.5. The number of carbonyl (C=O) groups excluding carboxylic acids is 1. The fourth-order valence-corrected chi connectivity index (χ4v) is 1.35. The number of hydrogen-bond acceptors (Lipinski definition) is 3. The van der Waals surface area contributed by atoms with Crippen molar-refractivity contribution >= 4 is 11.9 Å². The number of carboxylic acids is 1. The van der Waals surface area contributed by atoms with Crippen LogP contribution < -0.4 is 5.32 Å². The first-order chi connectivity index (χ1) is 8.50. The summed E-state index contributed by atoms with van der Waals surface area (Å²) >= 11 is 0. The highest BCUT2D eigenvalue weighted by molar-refractivity contribution is 5.97. The van der Waals surface area contributed by atoms with Gasteiger partial charge in [-0.25, -0.2) is 4.79 Å². The van der Waals surface area contributed by atoms with E-state index < -0.39 is 5.97 Å². The molecule has 1 aromatic carbocycles. The standard InChI is InChI=1S/C13H17NO4/c1-9(2)18-7-6-14-12(15)10-4-3-5-11(8-10)13(16)17/h3-5,8-9H,6-7H2,1-2H3,(H,14,15)(H,16,17). The maximum Gasteiger partial charge on any atom is 0.335 e. The molecule has 2 N–H and O–H groups in total. The summed E-state index contributed by atoms with van der Waals surface area (Å²) in [4.78, 5) is 22.5. The van der Waals surface area contributed by atoms with Crippen LogP contribution >= 0.6 is 0 Å². The number of carboxylic acid groups (broad SMARTS) is 1. The number of rotatable bonds is 6. The average Bonchev–Trinajstić information content (AvgIpc) is 2.34. The van der Waals surface area contributed by atoms with Gasteiger partial charge in [0.1, 0.15) is 0 Å². The van der Waals surface area contributed by atoms with Gasteiger partial charge in [-0.3, -0.25) is 4.79 Å². The lowest BCUT2D eigenvalue weighted by molar-refractivity contribution is 0.0696. The molecular weight excluding hydrogens is 234 g/mol. The van der Waals surface area contributed by atoms with Crippen molar-refractivity contribution in [2.45, 2.75) is 20.0 Å². The molecule has 1 aromatic rings. The fraction of sp³-hybridized carbons (Fsp3) is 0.385. The summed E-state index contributed by atoms with van der Waals surface area (Å²) in [6, 6.07) is 5.91. The van der Waals surface area contributed by atoms with Gasteiger partial charge in [-0.15, -0.1) is 0 Å². The van der Waals surface area contributed by atoms with Gasteiger partial charge in [0.15, 0.2) is 0 Å². The summed E-state index contributed by atoms with van der Waals surface area (Å²) in [5, 5.41) is 11.5. The zero-order valence-electron chi connectivity index (χ0n) is 10.5. The first kappa shape index (κ1) is 14.2. The van der Waals surface area contributed by atoms with Gasteiger partial charge in [-0.2, -0.15) is 0 Å². The molecule has 0 spiro atoms. The third-order valence-electron chi connectivity index (χ3n) is 2.21. The Balaban J connectivity index is 2.51. The predicted octanol–water partition coefficient (Wildman–Crippen LogP) is 1.54. The molecule has 1 amide bonds. The molecule has 0 heterocycles. The van der Waals surface area contributed by atoms with Crippen LogP contribution in [0.3, 0.4) is 0 Å². The molecule has 5 nitrogen and oxygen atoms in total. The van der Waals surface area contributed by atoms with Gasteiger partial charge in [0.25, 0.3) is 5.91 Å². The Morgan fingerprint density at radius 3 is 2.61 bits per heavy atom. The van der Waals surface area contributed by atoms with Crippen molar-refractivity contribution in [3.05, 3.63) is 35.4 Å². The predicted molar refractivity (Wildman–Crippen MR) is 66.8 cm³/mol. The lowest BCUT2D eigenvalue weighted by Gasteiger charge is -2.08. The zero-order chi connectivity index (χ0) is 13.5. The Kier molecular flexibility index (Phi) is 5.32. The van der Waals surface area contributed by atoms with E-state index in [4.69, 9.17) is 9.84 Å². The molecule has 0 aliphatic heterocycles. The Morgan fingerprint density at radius 2 is 2.00 bits per heavy atom. The molecule has 98 valence electrons. The van der Waals surface area contributed by atoms with Crippen LogP contribution in [0.15, 0.2) is 24.3 Å². The van der Waals surface area contributed by atoms with Crippen molar-refractivity contribution in [2.24, 2.45) is 0 Å². The van der Waals surface area contributed by atoms with E-state index in [1.807, 2.05) is 13.8 Å². The van der Waals surface area contributed by atoms with Gasteiger partial charge in [-0.05, 0) is 32.0 Å². The summed E-state index contributed by atoms with van der Waals surface area (Å²) < 4.78 is 5.28. The molecule has 0 aromatic heterocycles. The van der Waals surface area contributed by atoms with E-state index in [1.165, 1.54) is 12.1 Å². The maximum absolute atomic E-state index is 11.7. The number of aromatic carboxylic acids is 1. The Morgan fingerprint density at radius 1 is 1.33 bits per heavy atom. The maximum atomic E-state index is 11.7. The molecule has 0 aliphatic rings. The Bertz CT molecular complexity index is 429. The highest BCUT2D eigenvalue weighted by Gasteiger charge is 2.08. The summed E-state index contributed by atoms with van der Waals surface area (Å²) in [7, 11) is 0. The fourth-order valence-electron chi connectivity index (χ4n) is 1.35. The second kappa shape index (κ2) is 6.76. The van der Waals surface area contributed by atoms with E-state index in [0.717, 1.165) is 0 Å². The van der Waals surface area contributed by atoms with Gasteiger partial charge in [-0.1, -0.05) is 6.07 Å². The first-order valence-corrected chi connectivity index (χ1v) is 5.74. The second-order valence-corrected chi connectivity index (χ2v) is 4.06. The summed E-state index contributed by atoms with van der Waals surface area (Å²) in [6.07, 6.45) is 0.122. The molecule has 0 saturated heterocycles. The van der Waals surface area contributed by atoms with Crippen LogP contribution in [-0.4, -0.2) is 36.2 Å². The van der Waals surface area contributed by atoms with E-state index in [0.29, 0.717) is 18.7 Å². The van der Waals surface area contributed by atoms with Crippen molar-refractivity contribution in [2.75, 3.05) is 13.2 Å². The molecule has 0 radical (unpaired) electrons. The molecule has 0 unspecified atom stereocenters. The number of hydrogen-bond donors (Lipinski definition) is 2. The molecule has 0 fully saturated rings. The lowest BCUT2D eigenvalue weighted by atomic mass is 10.1. The molecule has 0 saturated carbocycles. The third-order valence-corrected chi connectivity index (χ3v) is 2.21. The SMILES string of the molecule is CC(C)OCCNC(=O)c1cccc(C(=O)O)c1. The van der Waals surface area contributed by atoms with E-state index >= 15 is 0 Å². The molecule has 1 rings (SSSR count). The number of carbonyl (C=O) groups is 2. The van der Waals surface area contributed by atoms with E-state index in [9.17, 15) is 9.59 Å². The van der Waals surface area contributed by atoms with Crippen LogP contribution in [0.2, 0.25) is 0 Å². The summed E-state index contributed by atoms with van der Waals surface area (Å²) in [6.45, 7) is 4.66. The van der Waals surface area contributed by atoms with E-state index in [-0.39, 0.29) is 17.6 Å². The molecular formula is C13H17NO4. The van der Waals surface area contributed by atoms with Crippen molar-refractivity contribution in [3.8, 4) is 0 Å². The normalized spacial score (nSPS) is 10.4. The molecule has 5 heteroatoms. The van der Waals surface area contributed by atoms with E-state index in [2.05, 4.69) is 5.32 Å². The van der Waals surface area contributed by atoms with Crippen LogP contribution in [-0.2, 0) is 4.74 Å². The molecule has 0 atom stereocenters. The Hall–Kier alpha value is -1.88. The minimum atomic E-state index is -1.05. The monoisotopic (exact) mass is 251 g/mol. The summed E-state index contributed by atoms with van der Waals surface area (Å²) in [5.41, 5.74) is 0.431. The van der Waals surface area contributed by atoms with Crippen molar-refractivity contribution < 1.29 is 19.4 Å². The van der Waals surface area contributed by atoms with Crippen molar-refractivity contribution in [1.82, 2.24) is 5.32 Å². The largest absolute Gasteiger partial charge is 0.478 e.